The van der Waals surface area contributed by atoms with Gasteiger partial charge in [-0.3, -0.25) is 13.9 Å². The number of carbonyl (C=O) groups excluding carboxylic acids is 2. The van der Waals surface area contributed by atoms with Gasteiger partial charge in [-0.15, -0.1) is 0 Å². The van der Waals surface area contributed by atoms with Crippen molar-refractivity contribution >= 4 is 39.1 Å². The quantitative estimate of drug-likeness (QED) is 0.161. The van der Waals surface area contributed by atoms with E-state index >= 15 is 0 Å². The number of halogens is 4. The third kappa shape index (κ3) is 9.25. The molecule has 264 valence electrons. The van der Waals surface area contributed by atoms with Crippen molar-refractivity contribution in [2.45, 2.75) is 75.1 Å². The van der Waals surface area contributed by atoms with Gasteiger partial charge in [-0.2, -0.15) is 13.2 Å². The number of hydrogen-bond donors (Lipinski definition) is 1. The highest BCUT2D eigenvalue weighted by molar-refractivity contribution is 7.92. The summed E-state index contributed by atoms with van der Waals surface area (Å²) in [4.78, 5) is 30.0. The normalized spacial score (nSPS) is 14.5. The second-order valence-electron chi connectivity index (χ2n) is 12.5. The molecule has 12 heteroatoms. The molecular formula is C38H39ClF3N3O4S. The van der Waals surface area contributed by atoms with Gasteiger partial charge in [0.2, 0.25) is 11.8 Å². The van der Waals surface area contributed by atoms with Crippen molar-refractivity contribution < 1.29 is 31.2 Å². The Balaban J connectivity index is 1.60. The van der Waals surface area contributed by atoms with E-state index in [0.717, 1.165) is 55.4 Å². The Hall–Kier alpha value is -4.35. The number of sulfonamides is 1. The highest BCUT2D eigenvalue weighted by Crippen LogP contribution is 2.38. The number of rotatable bonds is 12. The zero-order valence-electron chi connectivity index (χ0n) is 27.6. The minimum atomic E-state index is -4.89. The smallest absolute Gasteiger partial charge is 0.352 e. The molecule has 0 unspecified atom stereocenters. The second kappa shape index (κ2) is 16.1. The largest absolute Gasteiger partial charge is 0.417 e. The van der Waals surface area contributed by atoms with E-state index in [1.54, 1.807) is 6.07 Å². The first kappa shape index (κ1) is 36.9. The summed E-state index contributed by atoms with van der Waals surface area (Å²) in [6.45, 7) is 0.975. The lowest BCUT2D eigenvalue weighted by Gasteiger charge is -2.35. The molecule has 1 aliphatic rings. The number of carbonyl (C=O) groups is 2. The highest BCUT2D eigenvalue weighted by atomic mass is 35.5. The molecule has 2 amide bonds. The molecule has 0 spiro atoms. The molecular weight excluding hydrogens is 687 g/mol. The maximum absolute atomic E-state index is 14.6. The van der Waals surface area contributed by atoms with Crippen LogP contribution in [0.3, 0.4) is 0 Å². The first-order valence-corrected chi connectivity index (χ1v) is 18.3. The molecule has 0 aromatic heterocycles. The van der Waals surface area contributed by atoms with E-state index in [4.69, 9.17) is 11.6 Å². The van der Waals surface area contributed by atoms with E-state index in [-0.39, 0.29) is 29.8 Å². The van der Waals surface area contributed by atoms with E-state index in [9.17, 15) is 31.2 Å². The minimum Gasteiger partial charge on any atom is -0.352 e. The maximum atomic E-state index is 14.6. The van der Waals surface area contributed by atoms with Gasteiger partial charge in [0.15, 0.2) is 0 Å². The molecule has 5 rings (SSSR count). The van der Waals surface area contributed by atoms with Crippen LogP contribution in [0.1, 0.15) is 54.4 Å². The van der Waals surface area contributed by atoms with Crippen molar-refractivity contribution in [2.24, 2.45) is 0 Å². The summed E-state index contributed by atoms with van der Waals surface area (Å²) in [5, 5.41) is 2.52. The van der Waals surface area contributed by atoms with Gasteiger partial charge in [-0.05, 0) is 61.2 Å². The van der Waals surface area contributed by atoms with Crippen molar-refractivity contribution in [1.82, 2.24) is 10.2 Å². The Morgan fingerprint density at radius 3 is 2.10 bits per heavy atom. The molecule has 0 heterocycles. The monoisotopic (exact) mass is 725 g/mol. The van der Waals surface area contributed by atoms with Crippen molar-refractivity contribution in [3.63, 3.8) is 0 Å². The minimum absolute atomic E-state index is 0.0532. The number of hydrogen-bond acceptors (Lipinski definition) is 4. The highest BCUT2D eigenvalue weighted by Gasteiger charge is 2.38. The maximum Gasteiger partial charge on any atom is 0.417 e. The standard InChI is InChI=1S/C38H39ClF3N3O4S/c1-27-17-19-29(20-18-27)25-44(35(23-28-11-5-2-6-12-28)37(47)43-30-13-7-3-8-14-30)36(46)26-45(50(48,49)32-15-9-4-10-16-32)31-21-22-34(39)33(24-31)38(40,41)42/h2,4-6,9-12,15-22,24,30,35H,3,7-8,13-14,23,25-26H2,1H3,(H,43,47)/t35-/m1/s1. The summed E-state index contributed by atoms with van der Waals surface area (Å²) in [6, 6.07) is 25.3. The summed E-state index contributed by atoms with van der Waals surface area (Å²) < 4.78 is 70.9. The van der Waals surface area contributed by atoms with Crippen LogP contribution in [0.25, 0.3) is 0 Å². The number of alkyl halides is 3. The molecule has 50 heavy (non-hydrogen) atoms. The van der Waals surface area contributed by atoms with E-state index in [1.807, 2.05) is 61.5 Å². The third-order valence-corrected chi connectivity index (χ3v) is 11.0. The lowest BCUT2D eigenvalue weighted by atomic mass is 9.94. The van der Waals surface area contributed by atoms with E-state index < -0.39 is 51.0 Å². The first-order chi connectivity index (χ1) is 23.8. The fourth-order valence-electron chi connectivity index (χ4n) is 6.12. The zero-order chi connectivity index (χ0) is 35.9. The summed E-state index contributed by atoms with van der Waals surface area (Å²) >= 11 is 5.90. The molecule has 0 saturated heterocycles. The Morgan fingerprint density at radius 2 is 1.48 bits per heavy atom. The van der Waals surface area contributed by atoms with Crippen LogP contribution in [0.2, 0.25) is 5.02 Å². The topological polar surface area (TPSA) is 86.8 Å². The number of aryl methyl sites for hydroxylation is 1. The predicted molar refractivity (Wildman–Crippen MR) is 188 cm³/mol. The zero-order valence-corrected chi connectivity index (χ0v) is 29.1. The lowest BCUT2D eigenvalue weighted by molar-refractivity contribution is -0.140. The average Bonchev–Trinajstić information content (AvgIpc) is 3.10. The fraction of sp³-hybridized carbons (Fsp3) is 0.316. The van der Waals surface area contributed by atoms with Gasteiger partial charge in [0.25, 0.3) is 10.0 Å². The Kier molecular flexibility index (Phi) is 11.9. The summed E-state index contributed by atoms with van der Waals surface area (Å²) in [6.07, 6.45) is -0.157. The van der Waals surface area contributed by atoms with E-state index in [0.29, 0.717) is 15.9 Å². The molecule has 1 N–H and O–H groups in total. The van der Waals surface area contributed by atoms with Crippen LogP contribution >= 0.6 is 11.6 Å². The van der Waals surface area contributed by atoms with Crippen LogP contribution in [0.5, 0.6) is 0 Å². The van der Waals surface area contributed by atoms with Crippen LogP contribution in [0.4, 0.5) is 18.9 Å². The summed E-state index contributed by atoms with van der Waals surface area (Å²) in [5.41, 5.74) is 0.795. The molecule has 0 bridgehead atoms. The van der Waals surface area contributed by atoms with E-state index in [1.165, 1.54) is 29.2 Å². The van der Waals surface area contributed by atoms with Crippen LogP contribution in [-0.2, 0) is 38.8 Å². The van der Waals surface area contributed by atoms with Crippen molar-refractivity contribution in [3.8, 4) is 0 Å². The van der Waals surface area contributed by atoms with Gasteiger partial charge in [-0.1, -0.05) is 109 Å². The Labute approximate surface area is 296 Å². The molecule has 1 saturated carbocycles. The SMILES string of the molecule is Cc1ccc(CN(C(=O)CN(c2ccc(Cl)c(C(F)(F)F)c2)S(=O)(=O)c2ccccc2)[C@H](Cc2ccccc2)C(=O)NC2CCCCC2)cc1. The van der Waals surface area contributed by atoms with Gasteiger partial charge in [-0.25, -0.2) is 8.42 Å². The van der Waals surface area contributed by atoms with Gasteiger partial charge in [0.05, 0.1) is 21.2 Å². The Morgan fingerprint density at radius 1 is 0.860 bits per heavy atom. The molecule has 7 nitrogen and oxygen atoms in total. The van der Waals surface area contributed by atoms with Crippen molar-refractivity contribution in [3.05, 3.63) is 130 Å². The van der Waals surface area contributed by atoms with E-state index in [2.05, 4.69) is 5.32 Å². The molecule has 1 atom stereocenters. The van der Waals surface area contributed by atoms with Crippen LogP contribution in [0.15, 0.2) is 108 Å². The summed E-state index contributed by atoms with van der Waals surface area (Å²) in [7, 11) is -4.59. The molecule has 1 fully saturated rings. The average molecular weight is 726 g/mol. The van der Waals surface area contributed by atoms with Gasteiger partial charge < -0.3 is 10.2 Å². The van der Waals surface area contributed by atoms with Crippen LogP contribution < -0.4 is 9.62 Å². The lowest BCUT2D eigenvalue weighted by Crippen LogP contribution is -2.55. The van der Waals surface area contributed by atoms with Crippen molar-refractivity contribution in [1.29, 1.82) is 0 Å². The second-order valence-corrected chi connectivity index (χ2v) is 14.8. The fourth-order valence-corrected chi connectivity index (χ4v) is 7.77. The Bertz CT molecular complexity index is 1870. The first-order valence-electron chi connectivity index (χ1n) is 16.5. The molecule has 4 aromatic carbocycles. The van der Waals surface area contributed by atoms with Crippen molar-refractivity contribution in [2.75, 3.05) is 10.8 Å². The van der Waals surface area contributed by atoms with Crippen LogP contribution in [-0.4, -0.2) is 43.8 Å². The number of nitrogens with one attached hydrogen (secondary N) is 1. The van der Waals surface area contributed by atoms with Gasteiger partial charge in [0, 0.05) is 19.0 Å². The van der Waals surface area contributed by atoms with Gasteiger partial charge in [0.1, 0.15) is 12.6 Å². The summed E-state index contributed by atoms with van der Waals surface area (Å²) in [5.74, 6) is -1.15. The third-order valence-electron chi connectivity index (χ3n) is 8.85. The molecule has 1 aliphatic carbocycles. The predicted octanol–water partition coefficient (Wildman–Crippen LogP) is 7.95. The van der Waals surface area contributed by atoms with Crippen LogP contribution in [0, 0.1) is 6.92 Å². The molecule has 0 radical (unpaired) electrons. The number of benzene rings is 4. The number of anilines is 1. The van der Waals surface area contributed by atoms with Gasteiger partial charge >= 0.3 is 6.18 Å². The molecule has 0 aliphatic heterocycles. The number of nitrogens with zero attached hydrogens (tertiary/aromatic N) is 2. The molecule has 4 aromatic rings. The number of amides is 2.